The molecule has 0 saturated heterocycles. The van der Waals surface area contributed by atoms with E-state index in [1.54, 1.807) is 0 Å². The largest absolute Gasteiger partial charge is 0.314 e. The van der Waals surface area contributed by atoms with E-state index in [0.29, 0.717) is 21.5 Å². The number of benzene rings is 1. The highest BCUT2D eigenvalue weighted by Gasteiger charge is 2.15. The van der Waals surface area contributed by atoms with Crippen molar-refractivity contribution < 1.29 is 0 Å². The second kappa shape index (κ2) is 8.26. The lowest BCUT2D eigenvalue weighted by Crippen LogP contribution is -2.32. The third-order valence-electron chi connectivity index (χ3n) is 3.39. The van der Waals surface area contributed by atoms with Gasteiger partial charge in [0.1, 0.15) is 0 Å². The number of hydrogen-bond acceptors (Lipinski definition) is 1. The molecule has 0 heterocycles. The van der Waals surface area contributed by atoms with Crippen LogP contribution in [0.2, 0.25) is 10.0 Å². The first-order valence-corrected chi connectivity index (χ1v) is 8.24. The van der Waals surface area contributed by atoms with Gasteiger partial charge in [0.05, 0.1) is 10.0 Å². The van der Waals surface area contributed by atoms with Gasteiger partial charge in [-0.05, 0) is 55.3 Å². The first-order chi connectivity index (χ1) is 9.31. The van der Waals surface area contributed by atoms with E-state index < -0.39 is 0 Å². The van der Waals surface area contributed by atoms with Crippen molar-refractivity contribution >= 4 is 23.2 Å². The Morgan fingerprint density at radius 1 is 1.15 bits per heavy atom. The third kappa shape index (κ3) is 6.97. The molecule has 0 amide bonds. The van der Waals surface area contributed by atoms with Crippen LogP contribution in [0.3, 0.4) is 0 Å². The molecular formula is C17H27Cl2N. The molecule has 20 heavy (non-hydrogen) atoms. The van der Waals surface area contributed by atoms with Gasteiger partial charge in [0.2, 0.25) is 0 Å². The van der Waals surface area contributed by atoms with Crippen LogP contribution in [0.15, 0.2) is 18.2 Å². The summed E-state index contributed by atoms with van der Waals surface area (Å²) < 4.78 is 0. The summed E-state index contributed by atoms with van der Waals surface area (Å²) in [5, 5.41) is 4.92. The van der Waals surface area contributed by atoms with Crippen molar-refractivity contribution in [3.8, 4) is 0 Å². The number of hydrogen-bond donors (Lipinski definition) is 1. The summed E-state index contributed by atoms with van der Waals surface area (Å²) in [7, 11) is 0. The van der Waals surface area contributed by atoms with E-state index in [1.807, 2.05) is 12.1 Å². The number of rotatable bonds is 7. The Balaban J connectivity index is 2.65. The number of halogens is 2. The normalized spacial score (nSPS) is 13.5. The summed E-state index contributed by atoms with van der Waals surface area (Å²) >= 11 is 12.1. The van der Waals surface area contributed by atoms with Gasteiger partial charge in [-0.15, -0.1) is 0 Å². The molecule has 1 unspecified atom stereocenters. The lowest BCUT2D eigenvalue weighted by Gasteiger charge is -2.24. The van der Waals surface area contributed by atoms with Gasteiger partial charge in [-0.25, -0.2) is 0 Å². The maximum Gasteiger partial charge on any atom is 0.0595 e. The van der Waals surface area contributed by atoms with E-state index in [0.717, 1.165) is 19.4 Å². The molecule has 0 radical (unpaired) electrons. The minimum Gasteiger partial charge on any atom is -0.314 e. The Labute approximate surface area is 134 Å². The lowest BCUT2D eigenvalue weighted by atomic mass is 9.87. The monoisotopic (exact) mass is 315 g/mol. The van der Waals surface area contributed by atoms with Gasteiger partial charge < -0.3 is 5.32 Å². The van der Waals surface area contributed by atoms with Crippen molar-refractivity contribution in [1.82, 2.24) is 5.32 Å². The molecule has 0 saturated carbocycles. The third-order valence-corrected chi connectivity index (χ3v) is 4.13. The Bertz CT molecular complexity index is 410. The molecule has 0 bridgehead atoms. The average Bonchev–Trinajstić information content (AvgIpc) is 2.36. The molecule has 1 aromatic rings. The fraction of sp³-hybridized carbons (Fsp3) is 0.647. The highest BCUT2D eigenvalue weighted by atomic mass is 35.5. The summed E-state index contributed by atoms with van der Waals surface area (Å²) in [6.45, 7) is 10.2. The lowest BCUT2D eigenvalue weighted by molar-refractivity contribution is 0.328. The first-order valence-electron chi connectivity index (χ1n) is 7.49. The highest BCUT2D eigenvalue weighted by molar-refractivity contribution is 6.42. The molecule has 1 nitrogen and oxygen atoms in total. The molecule has 1 aromatic carbocycles. The van der Waals surface area contributed by atoms with E-state index in [1.165, 1.54) is 18.4 Å². The Hall–Kier alpha value is -0.240. The van der Waals surface area contributed by atoms with E-state index in [-0.39, 0.29) is 0 Å². The van der Waals surface area contributed by atoms with Crippen molar-refractivity contribution in [1.29, 1.82) is 0 Å². The van der Waals surface area contributed by atoms with E-state index in [2.05, 4.69) is 39.1 Å². The van der Waals surface area contributed by atoms with Gasteiger partial charge in [-0.2, -0.15) is 0 Å². The zero-order valence-corrected chi connectivity index (χ0v) is 14.6. The molecule has 0 aliphatic heterocycles. The van der Waals surface area contributed by atoms with Crippen LogP contribution in [-0.4, -0.2) is 12.6 Å². The minimum atomic E-state index is 0.379. The fourth-order valence-corrected chi connectivity index (χ4v) is 2.50. The second-order valence-corrected chi connectivity index (χ2v) is 7.52. The van der Waals surface area contributed by atoms with E-state index in [4.69, 9.17) is 23.2 Å². The molecule has 0 spiro atoms. The van der Waals surface area contributed by atoms with Gasteiger partial charge in [-0.1, -0.05) is 57.0 Å². The average molecular weight is 316 g/mol. The van der Waals surface area contributed by atoms with Gasteiger partial charge in [0, 0.05) is 6.04 Å². The maximum absolute atomic E-state index is 6.10. The topological polar surface area (TPSA) is 12.0 Å². The standard InChI is InChI=1S/C17H27Cl2N/c1-5-10-20-14(8-9-17(2,3)4)11-13-6-7-15(18)16(19)12-13/h6-7,12,14,20H,5,8-11H2,1-4H3. The Morgan fingerprint density at radius 3 is 2.40 bits per heavy atom. The molecular weight excluding hydrogens is 289 g/mol. The van der Waals surface area contributed by atoms with Crippen LogP contribution < -0.4 is 5.32 Å². The predicted molar refractivity (Wildman–Crippen MR) is 90.9 cm³/mol. The minimum absolute atomic E-state index is 0.379. The summed E-state index contributed by atoms with van der Waals surface area (Å²) in [6, 6.07) is 6.46. The van der Waals surface area contributed by atoms with Crippen LogP contribution in [0.25, 0.3) is 0 Å². The smallest absolute Gasteiger partial charge is 0.0595 e. The van der Waals surface area contributed by atoms with Crippen molar-refractivity contribution in [2.24, 2.45) is 5.41 Å². The van der Waals surface area contributed by atoms with Crippen LogP contribution in [0.5, 0.6) is 0 Å². The molecule has 3 heteroatoms. The summed E-state index contributed by atoms with van der Waals surface area (Å²) in [6.07, 6.45) is 4.57. The molecule has 0 aromatic heterocycles. The van der Waals surface area contributed by atoms with Crippen LogP contribution in [-0.2, 0) is 6.42 Å². The molecule has 0 aliphatic rings. The molecule has 114 valence electrons. The first kappa shape index (κ1) is 17.8. The van der Waals surface area contributed by atoms with Gasteiger partial charge in [-0.3, -0.25) is 0 Å². The molecule has 0 fully saturated rings. The Morgan fingerprint density at radius 2 is 1.85 bits per heavy atom. The van der Waals surface area contributed by atoms with Crippen molar-refractivity contribution in [3.63, 3.8) is 0 Å². The fourth-order valence-electron chi connectivity index (χ4n) is 2.18. The Kier molecular flexibility index (Phi) is 7.36. The summed E-state index contributed by atoms with van der Waals surface area (Å²) in [4.78, 5) is 0. The quantitative estimate of drug-likeness (QED) is 0.677. The van der Waals surface area contributed by atoms with Gasteiger partial charge in [0.15, 0.2) is 0 Å². The van der Waals surface area contributed by atoms with Gasteiger partial charge in [0.25, 0.3) is 0 Å². The molecule has 1 rings (SSSR count). The maximum atomic E-state index is 6.10. The predicted octanol–water partition coefficient (Wildman–Crippen LogP) is 5.73. The highest BCUT2D eigenvalue weighted by Crippen LogP contribution is 2.25. The van der Waals surface area contributed by atoms with Crippen LogP contribution >= 0.6 is 23.2 Å². The zero-order valence-electron chi connectivity index (χ0n) is 13.1. The molecule has 1 N–H and O–H groups in total. The van der Waals surface area contributed by atoms with Crippen molar-refractivity contribution in [2.75, 3.05) is 6.54 Å². The van der Waals surface area contributed by atoms with Crippen LogP contribution in [0.4, 0.5) is 0 Å². The summed E-state index contributed by atoms with van der Waals surface area (Å²) in [5.41, 5.74) is 1.63. The van der Waals surface area contributed by atoms with Gasteiger partial charge >= 0.3 is 0 Å². The van der Waals surface area contributed by atoms with E-state index >= 15 is 0 Å². The number of nitrogens with one attached hydrogen (secondary N) is 1. The summed E-state index contributed by atoms with van der Waals surface area (Å²) in [5.74, 6) is 0. The van der Waals surface area contributed by atoms with Crippen molar-refractivity contribution in [2.45, 2.75) is 59.4 Å². The zero-order chi connectivity index (χ0) is 15.2. The molecule has 1 atom stereocenters. The molecule has 0 aliphatic carbocycles. The SMILES string of the molecule is CCCNC(CCC(C)(C)C)Cc1ccc(Cl)c(Cl)c1. The second-order valence-electron chi connectivity index (χ2n) is 6.70. The van der Waals surface area contributed by atoms with Crippen molar-refractivity contribution in [3.05, 3.63) is 33.8 Å². The van der Waals surface area contributed by atoms with Crippen LogP contribution in [0, 0.1) is 5.41 Å². The van der Waals surface area contributed by atoms with E-state index in [9.17, 15) is 0 Å². The van der Waals surface area contributed by atoms with Crippen LogP contribution in [0.1, 0.15) is 52.5 Å².